The van der Waals surface area contributed by atoms with Gasteiger partial charge < -0.3 is 20.5 Å². The van der Waals surface area contributed by atoms with E-state index < -0.39 is 0 Å². The number of methoxy groups -OCH3 is 2. The number of anilines is 3. The lowest BCUT2D eigenvalue weighted by Gasteiger charge is -2.11. The molecule has 2 aromatic heterocycles. The summed E-state index contributed by atoms with van der Waals surface area (Å²) in [4.78, 5) is 13.2. The first-order chi connectivity index (χ1) is 13.7. The van der Waals surface area contributed by atoms with Gasteiger partial charge in [-0.25, -0.2) is 4.98 Å². The molecule has 0 radical (unpaired) electrons. The van der Waals surface area contributed by atoms with Crippen molar-refractivity contribution in [1.82, 2.24) is 15.0 Å². The second kappa shape index (κ2) is 7.40. The van der Waals surface area contributed by atoms with Crippen molar-refractivity contribution in [3.05, 3.63) is 60.9 Å². The number of hydrogen-bond acceptors (Lipinski definition) is 7. The first-order valence-corrected chi connectivity index (χ1v) is 8.64. The van der Waals surface area contributed by atoms with Crippen LogP contribution >= 0.6 is 0 Å². The molecule has 0 amide bonds. The van der Waals surface area contributed by atoms with Gasteiger partial charge in [-0.15, -0.1) is 0 Å². The zero-order chi connectivity index (χ0) is 19.5. The molecule has 0 saturated carbocycles. The predicted octanol–water partition coefficient (Wildman–Crippen LogP) is 4.03. The van der Waals surface area contributed by atoms with Gasteiger partial charge in [-0.05, 0) is 12.1 Å². The van der Waals surface area contributed by atoms with Crippen molar-refractivity contribution in [3.63, 3.8) is 0 Å². The third kappa shape index (κ3) is 3.50. The fraction of sp³-hybridized carbons (Fsp3) is 0.0952. The second-order valence-corrected chi connectivity index (χ2v) is 6.14. The van der Waals surface area contributed by atoms with Gasteiger partial charge in [-0.3, -0.25) is 4.98 Å². The molecular formula is C21H19N5O2. The maximum absolute atomic E-state index is 6.19. The summed E-state index contributed by atoms with van der Waals surface area (Å²) in [6.07, 6.45) is 3.46. The number of ether oxygens (including phenoxy) is 2. The number of aromatic nitrogens is 3. The smallest absolute Gasteiger partial charge is 0.229 e. The molecule has 2 aromatic carbocycles. The number of nitrogens with one attached hydrogen (secondary N) is 1. The molecule has 0 bridgehead atoms. The van der Waals surface area contributed by atoms with E-state index in [9.17, 15) is 0 Å². The molecule has 0 aliphatic rings. The number of rotatable bonds is 5. The van der Waals surface area contributed by atoms with Crippen LogP contribution in [0.25, 0.3) is 22.0 Å². The Balaban J connectivity index is 1.64. The number of nitrogens with zero attached hydrogens (tertiary/aromatic N) is 3. The molecule has 140 valence electrons. The van der Waals surface area contributed by atoms with Crippen molar-refractivity contribution in [2.24, 2.45) is 0 Å². The van der Waals surface area contributed by atoms with Crippen molar-refractivity contribution in [3.8, 4) is 22.6 Å². The highest BCUT2D eigenvalue weighted by atomic mass is 16.5. The zero-order valence-electron chi connectivity index (χ0n) is 15.5. The van der Waals surface area contributed by atoms with Gasteiger partial charge in [0.2, 0.25) is 5.95 Å². The van der Waals surface area contributed by atoms with Gasteiger partial charge in [0.15, 0.2) is 0 Å². The zero-order valence-corrected chi connectivity index (χ0v) is 15.5. The van der Waals surface area contributed by atoms with E-state index in [1.807, 2.05) is 42.5 Å². The average Bonchev–Trinajstić information content (AvgIpc) is 2.73. The number of fused-ring (bicyclic) bond motifs is 1. The molecule has 0 fully saturated rings. The largest absolute Gasteiger partial charge is 0.497 e. The Morgan fingerprint density at radius 2 is 1.64 bits per heavy atom. The summed E-state index contributed by atoms with van der Waals surface area (Å²) < 4.78 is 10.6. The van der Waals surface area contributed by atoms with Gasteiger partial charge in [-0.2, -0.15) is 4.98 Å². The molecule has 0 aliphatic heterocycles. The van der Waals surface area contributed by atoms with E-state index >= 15 is 0 Å². The maximum atomic E-state index is 6.19. The van der Waals surface area contributed by atoms with Crippen LogP contribution in [0.4, 0.5) is 17.5 Å². The quantitative estimate of drug-likeness (QED) is 0.545. The molecule has 0 aliphatic carbocycles. The van der Waals surface area contributed by atoms with Crippen molar-refractivity contribution in [2.45, 2.75) is 0 Å². The van der Waals surface area contributed by atoms with Crippen molar-refractivity contribution in [1.29, 1.82) is 0 Å². The SMILES string of the molecule is COc1cc(Nc2ncc(-c3cnc4ccccc4c3)c(N)n2)cc(OC)c1. The molecule has 7 nitrogen and oxygen atoms in total. The lowest BCUT2D eigenvalue weighted by molar-refractivity contribution is 0.395. The van der Waals surface area contributed by atoms with Gasteiger partial charge in [-0.1, -0.05) is 18.2 Å². The van der Waals surface area contributed by atoms with Gasteiger partial charge in [0.1, 0.15) is 17.3 Å². The fourth-order valence-electron chi connectivity index (χ4n) is 2.90. The van der Waals surface area contributed by atoms with Crippen LogP contribution in [0.5, 0.6) is 11.5 Å². The van der Waals surface area contributed by atoms with Gasteiger partial charge >= 0.3 is 0 Å². The van der Waals surface area contributed by atoms with Crippen LogP contribution in [0.1, 0.15) is 0 Å². The van der Waals surface area contributed by atoms with E-state index in [4.69, 9.17) is 15.2 Å². The molecule has 0 saturated heterocycles. The predicted molar refractivity (Wildman–Crippen MR) is 110 cm³/mol. The molecule has 4 rings (SSSR count). The van der Waals surface area contributed by atoms with E-state index in [-0.39, 0.29) is 0 Å². The van der Waals surface area contributed by atoms with E-state index in [0.29, 0.717) is 23.3 Å². The van der Waals surface area contributed by atoms with Crippen molar-refractivity contribution >= 4 is 28.4 Å². The molecule has 7 heteroatoms. The first kappa shape index (κ1) is 17.5. The molecule has 3 N–H and O–H groups in total. The maximum Gasteiger partial charge on any atom is 0.229 e. The highest BCUT2D eigenvalue weighted by Gasteiger charge is 2.10. The van der Waals surface area contributed by atoms with E-state index in [0.717, 1.165) is 27.7 Å². The van der Waals surface area contributed by atoms with Crippen LogP contribution < -0.4 is 20.5 Å². The number of nitrogen functional groups attached to an aromatic ring is 1. The summed E-state index contributed by atoms with van der Waals surface area (Å²) in [6, 6.07) is 15.4. The van der Waals surface area contributed by atoms with Gasteiger partial charge in [0.05, 0.1) is 19.7 Å². The Labute approximate surface area is 162 Å². The average molecular weight is 373 g/mol. The Bertz CT molecular complexity index is 1120. The first-order valence-electron chi connectivity index (χ1n) is 8.64. The van der Waals surface area contributed by atoms with Crippen LogP contribution in [0.15, 0.2) is 60.9 Å². The Morgan fingerprint density at radius 1 is 0.893 bits per heavy atom. The van der Waals surface area contributed by atoms with Crippen LogP contribution in [-0.4, -0.2) is 29.2 Å². The summed E-state index contributed by atoms with van der Waals surface area (Å²) in [6.45, 7) is 0. The summed E-state index contributed by atoms with van der Waals surface area (Å²) in [5.41, 5.74) is 9.45. The standard InChI is InChI=1S/C21H19N5O2/c1-27-16-8-15(9-17(10-16)28-2)25-21-24-12-18(20(22)26-21)14-7-13-5-3-4-6-19(13)23-11-14/h3-12H,1-2H3,(H3,22,24,25,26). The van der Waals surface area contributed by atoms with Crippen LogP contribution in [0.2, 0.25) is 0 Å². The molecule has 0 spiro atoms. The molecule has 0 atom stereocenters. The van der Waals surface area contributed by atoms with E-state index in [1.165, 1.54) is 0 Å². The van der Waals surface area contributed by atoms with Gasteiger partial charge in [0.25, 0.3) is 0 Å². The topological polar surface area (TPSA) is 95.2 Å². The molecule has 2 heterocycles. The second-order valence-electron chi connectivity index (χ2n) is 6.14. The molecule has 0 unspecified atom stereocenters. The third-order valence-corrected chi connectivity index (χ3v) is 4.33. The Kier molecular flexibility index (Phi) is 4.63. The molecule has 28 heavy (non-hydrogen) atoms. The van der Waals surface area contributed by atoms with E-state index in [1.54, 1.807) is 32.7 Å². The summed E-state index contributed by atoms with van der Waals surface area (Å²) in [7, 11) is 3.19. The van der Waals surface area contributed by atoms with E-state index in [2.05, 4.69) is 20.3 Å². The summed E-state index contributed by atoms with van der Waals surface area (Å²) in [5.74, 6) is 2.07. The Hall–Kier alpha value is -3.87. The minimum atomic E-state index is 0.365. The van der Waals surface area contributed by atoms with Crippen LogP contribution in [-0.2, 0) is 0 Å². The Morgan fingerprint density at radius 3 is 2.36 bits per heavy atom. The number of hydrogen-bond donors (Lipinski definition) is 2. The van der Waals surface area contributed by atoms with Crippen LogP contribution in [0, 0.1) is 0 Å². The fourth-order valence-corrected chi connectivity index (χ4v) is 2.90. The third-order valence-electron chi connectivity index (χ3n) is 4.33. The lowest BCUT2D eigenvalue weighted by Crippen LogP contribution is -2.02. The van der Waals surface area contributed by atoms with Gasteiger partial charge in [0, 0.05) is 52.8 Å². The summed E-state index contributed by atoms with van der Waals surface area (Å²) >= 11 is 0. The highest BCUT2D eigenvalue weighted by Crippen LogP contribution is 2.29. The molecular weight excluding hydrogens is 354 g/mol. The number of benzene rings is 2. The van der Waals surface area contributed by atoms with Crippen molar-refractivity contribution < 1.29 is 9.47 Å². The minimum Gasteiger partial charge on any atom is -0.497 e. The lowest BCUT2D eigenvalue weighted by atomic mass is 10.1. The number of nitrogens with two attached hydrogens (primary N) is 1. The number of para-hydroxylation sites is 1. The highest BCUT2D eigenvalue weighted by molar-refractivity contribution is 5.85. The molecule has 4 aromatic rings. The van der Waals surface area contributed by atoms with Crippen LogP contribution in [0.3, 0.4) is 0 Å². The normalized spacial score (nSPS) is 10.6. The monoisotopic (exact) mass is 373 g/mol. The van der Waals surface area contributed by atoms with Crippen molar-refractivity contribution in [2.75, 3.05) is 25.3 Å². The summed E-state index contributed by atoms with van der Waals surface area (Å²) in [5, 5.41) is 4.16. The minimum absolute atomic E-state index is 0.365. The number of pyridine rings is 1.